The first-order chi connectivity index (χ1) is 8.92. The zero-order valence-corrected chi connectivity index (χ0v) is 11.1. The summed E-state index contributed by atoms with van der Waals surface area (Å²) in [6.07, 6.45) is 7.65. The second-order valence-electron chi connectivity index (χ2n) is 5.55. The minimum atomic E-state index is 0.797. The summed E-state index contributed by atoms with van der Waals surface area (Å²) < 4.78 is 5.67. The van der Waals surface area contributed by atoms with Crippen LogP contribution < -0.4 is 5.32 Å². The summed E-state index contributed by atoms with van der Waals surface area (Å²) in [5.41, 5.74) is 4.57. The first-order valence-corrected chi connectivity index (χ1v) is 7.33. The van der Waals surface area contributed by atoms with Gasteiger partial charge in [-0.2, -0.15) is 0 Å². The fourth-order valence-corrected chi connectivity index (χ4v) is 2.70. The van der Waals surface area contributed by atoms with Crippen molar-refractivity contribution in [2.75, 3.05) is 19.8 Å². The van der Waals surface area contributed by atoms with Gasteiger partial charge in [-0.05, 0) is 55.2 Å². The third-order valence-corrected chi connectivity index (χ3v) is 3.95. The summed E-state index contributed by atoms with van der Waals surface area (Å²) in [7, 11) is 0. The number of ether oxygens (including phenoxy) is 1. The second kappa shape index (κ2) is 5.85. The maximum atomic E-state index is 5.67. The predicted molar refractivity (Wildman–Crippen MR) is 74.0 cm³/mol. The first-order valence-electron chi connectivity index (χ1n) is 7.33. The van der Waals surface area contributed by atoms with Gasteiger partial charge in [-0.15, -0.1) is 0 Å². The molecule has 2 nitrogen and oxygen atoms in total. The van der Waals surface area contributed by atoms with Gasteiger partial charge >= 0.3 is 0 Å². The lowest BCUT2D eigenvalue weighted by Gasteiger charge is -2.07. The quantitative estimate of drug-likeness (QED) is 0.745. The summed E-state index contributed by atoms with van der Waals surface area (Å²) >= 11 is 0. The van der Waals surface area contributed by atoms with Crippen molar-refractivity contribution in [2.45, 2.75) is 44.6 Å². The number of nitrogens with one attached hydrogen (secondary N) is 1. The Morgan fingerprint density at radius 3 is 2.89 bits per heavy atom. The first kappa shape index (κ1) is 12.2. The average molecular weight is 245 g/mol. The van der Waals surface area contributed by atoms with E-state index in [2.05, 4.69) is 23.5 Å². The van der Waals surface area contributed by atoms with Gasteiger partial charge in [0.15, 0.2) is 0 Å². The van der Waals surface area contributed by atoms with Gasteiger partial charge in [0.1, 0.15) is 0 Å². The Bertz CT molecular complexity index is 398. The molecule has 0 spiro atoms. The molecule has 1 saturated carbocycles. The van der Waals surface area contributed by atoms with Crippen LogP contribution in [0, 0.1) is 0 Å². The Morgan fingerprint density at radius 1 is 1.11 bits per heavy atom. The highest BCUT2D eigenvalue weighted by Gasteiger charge is 2.19. The third-order valence-electron chi connectivity index (χ3n) is 3.95. The van der Waals surface area contributed by atoms with Crippen LogP contribution in [-0.4, -0.2) is 25.8 Å². The summed E-state index contributed by atoms with van der Waals surface area (Å²) in [4.78, 5) is 0. The van der Waals surface area contributed by atoms with E-state index in [-0.39, 0.29) is 0 Å². The van der Waals surface area contributed by atoms with Crippen molar-refractivity contribution in [1.82, 2.24) is 5.32 Å². The van der Waals surface area contributed by atoms with Crippen LogP contribution in [0.1, 0.15) is 36.0 Å². The topological polar surface area (TPSA) is 21.3 Å². The van der Waals surface area contributed by atoms with Gasteiger partial charge in [0.25, 0.3) is 0 Å². The zero-order valence-electron chi connectivity index (χ0n) is 11.1. The minimum absolute atomic E-state index is 0.797. The molecule has 1 N–H and O–H groups in total. The summed E-state index contributed by atoms with van der Waals surface area (Å²) in [6.45, 7) is 2.71. The third kappa shape index (κ3) is 3.33. The van der Waals surface area contributed by atoms with Crippen molar-refractivity contribution < 1.29 is 4.74 Å². The minimum Gasteiger partial charge on any atom is -0.380 e. The standard InChI is InChI=1S/C16H23NO/c1-2-14-5-4-13(12-15(14)3-1)8-10-18-11-9-17-16-6-7-16/h4-5,12,16-17H,1-3,6-11H2. The van der Waals surface area contributed by atoms with Crippen LogP contribution in [0.5, 0.6) is 0 Å². The molecule has 0 atom stereocenters. The van der Waals surface area contributed by atoms with Gasteiger partial charge in [-0.3, -0.25) is 0 Å². The Kier molecular flexibility index (Phi) is 3.96. The molecule has 3 rings (SSSR count). The van der Waals surface area contributed by atoms with Gasteiger partial charge in [0.05, 0.1) is 13.2 Å². The number of fused-ring (bicyclic) bond motifs is 1. The van der Waals surface area contributed by atoms with E-state index < -0.39 is 0 Å². The van der Waals surface area contributed by atoms with Crippen molar-refractivity contribution >= 4 is 0 Å². The van der Waals surface area contributed by atoms with E-state index in [9.17, 15) is 0 Å². The lowest BCUT2D eigenvalue weighted by Crippen LogP contribution is -2.22. The van der Waals surface area contributed by atoms with E-state index in [1.807, 2.05) is 0 Å². The van der Waals surface area contributed by atoms with Crippen LogP contribution in [0.4, 0.5) is 0 Å². The van der Waals surface area contributed by atoms with Crippen LogP contribution in [0.15, 0.2) is 18.2 Å². The summed E-state index contributed by atoms with van der Waals surface area (Å²) in [5, 5.41) is 3.46. The zero-order chi connectivity index (χ0) is 12.2. The smallest absolute Gasteiger partial charge is 0.0591 e. The van der Waals surface area contributed by atoms with Gasteiger partial charge in [-0.25, -0.2) is 0 Å². The molecule has 18 heavy (non-hydrogen) atoms. The summed E-state index contributed by atoms with van der Waals surface area (Å²) in [5.74, 6) is 0. The SMILES string of the molecule is c1cc2c(cc1CCOCCNC1CC1)CCC2. The van der Waals surface area contributed by atoms with Crippen LogP contribution in [0.2, 0.25) is 0 Å². The molecule has 0 saturated heterocycles. The van der Waals surface area contributed by atoms with Crippen LogP contribution in [0.3, 0.4) is 0 Å². The van der Waals surface area contributed by atoms with Crippen LogP contribution >= 0.6 is 0 Å². The fraction of sp³-hybridized carbons (Fsp3) is 0.625. The van der Waals surface area contributed by atoms with E-state index in [0.717, 1.165) is 32.2 Å². The number of rotatable bonds is 7. The average Bonchev–Trinajstić information content (AvgIpc) is 3.09. The molecule has 0 radical (unpaired) electrons. The Hall–Kier alpha value is -0.860. The van der Waals surface area contributed by atoms with Gasteiger partial charge in [-0.1, -0.05) is 18.2 Å². The highest BCUT2D eigenvalue weighted by Crippen LogP contribution is 2.23. The monoisotopic (exact) mass is 245 g/mol. The number of hydrogen-bond donors (Lipinski definition) is 1. The van der Waals surface area contributed by atoms with Gasteiger partial charge < -0.3 is 10.1 Å². The Morgan fingerprint density at radius 2 is 2.00 bits per heavy atom. The molecule has 1 fully saturated rings. The molecule has 2 aliphatic rings. The molecular weight excluding hydrogens is 222 g/mol. The molecule has 98 valence electrons. The highest BCUT2D eigenvalue weighted by molar-refractivity contribution is 5.35. The maximum absolute atomic E-state index is 5.67. The van der Waals surface area contributed by atoms with Crippen LogP contribution in [0.25, 0.3) is 0 Å². The lowest BCUT2D eigenvalue weighted by molar-refractivity contribution is 0.138. The molecule has 0 amide bonds. The van der Waals surface area contributed by atoms with Crippen molar-refractivity contribution in [3.05, 3.63) is 34.9 Å². The number of hydrogen-bond acceptors (Lipinski definition) is 2. The molecule has 0 aliphatic heterocycles. The van der Waals surface area contributed by atoms with Crippen molar-refractivity contribution in [2.24, 2.45) is 0 Å². The predicted octanol–water partition coefficient (Wildman–Crippen LogP) is 2.49. The molecule has 0 aromatic heterocycles. The molecule has 2 heteroatoms. The molecular formula is C16H23NO. The van der Waals surface area contributed by atoms with Crippen LogP contribution in [-0.2, 0) is 24.0 Å². The summed E-state index contributed by atoms with van der Waals surface area (Å²) in [6, 6.07) is 7.77. The molecule has 1 aromatic carbocycles. The molecule has 0 heterocycles. The van der Waals surface area contributed by atoms with Gasteiger partial charge in [0, 0.05) is 12.6 Å². The number of benzene rings is 1. The van der Waals surface area contributed by atoms with E-state index in [4.69, 9.17) is 4.74 Å². The van der Waals surface area contributed by atoms with E-state index in [1.54, 1.807) is 11.1 Å². The largest absolute Gasteiger partial charge is 0.380 e. The molecule has 2 aliphatic carbocycles. The fourth-order valence-electron chi connectivity index (χ4n) is 2.70. The van der Waals surface area contributed by atoms with E-state index >= 15 is 0 Å². The Labute approximate surface area is 110 Å². The Balaban J connectivity index is 1.34. The second-order valence-corrected chi connectivity index (χ2v) is 5.55. The van der Waals surface area contributed by atoms with Gasteiger partial charge in [0.2, 0.25) is 0 Å². The number of aryl methyl sites for hydroxylation is 2. The van der Waals surface area contributed by atoms with Crippen molar-refractivity contribution in [1.29, 1.82) is 0 Å². The molecule has 1 aromatic rings. The highest BCUT2D eigenvalue weighted by atomic mass is 16.5. The molecule has 0 unspecified atom stereocenters. The van der Waals surface area contributed by atoms with Crippen molar-refractivity contribution in [3.63, 3.8) is 0 Å². The maximum Gasteiger partial charge on any atom is 0.0591 e. The van der Waals surface area contributed by atoms with E-state index in [0.29, 0.717) is 0 Å². The molecule has 0 bridgehead atoms. The van der Waals surface area contributed by atoms with Crippen molar-refractivity contribution in [3.8, 4) is 0 Å². The van der Waals surface area contributed by atoms with E-state index in [1.165, 1.54) is 37.7 Å². The normalized spacial score (nSPS) is 18.0. The lowest BCUT2D eigenvalue weighted by atomic mass is 10.0.